The van der Waals surface area contributed by atoms with E-state index in [0.29, 0.717) is 5.56 Å². The summed E-state index contributed by atoms with van der Waals surface area (Å²) in [5, 5.41) is 9.53. The SMILES string of the molecule is CC1OC(=O)c2c(O)cccc2C1C. The third-order valence-electron chi connectivity index (χ3n) is 2.77. The van der Waals surface area contributed by atoms with Crippen LogP contribution in [0.4, 0.5) is 0 Å². The third kappa shape index (κ3) is 1.16. The van der Waals surface area contributed by atoms with E-state index < -0.39 is 5.97 Å². The normalized spacial score (nSPS) is 25.4. The van der Waals surface area contributed by atoms with Crippen molar-refractivity contribution in [1.29, 1.82) is 0 Å². The molecule has 0 aliphatic carbocycles. The van der Waals surface area contributed by atoms with Gasteiger partial charge in [-0.3, -0.25) is 0 Å². The minimum atomic E-state index is -0.427. The zero-order valence-electron chi connectivity index (χ0n) is 8.15. The molecule has 14 heavy (non-hydrogen) atoms. The highest BCUT2D eigenvalue weighted by Gasteiger charge is 2.31. The van der Waals surface area contributed by atoms with Crippen LogP contribution in [-0.2, 0) is 4.74 Å². The van der Waals surface area contributed by atoms with Gasteiger partial charge < -0.3 is 9.84 Å². The summed E-state index contributed by atoms with van der Waals surface area (Å²) in [6.45, 7) is 3.84. The summed E-state index contributed by atoms with van der Waals surface area (Å²) in [6, 6.07) is 5.11. The molecule has 1 aliphatic heterocycles. The highest BCUT2D eigenvalue weighted by Crippen LogP contribution is 2.35. The van der Waals surface area contributed by atoms with Gasteiger partial charge in [-0.05, 0) is 18.6 Å². The van der Waals surface area contributed by atoms with E-state index in [2.05, 4.69) is 0 Å². The van der Waals surface area contributed by atoms with Crippen molar-refractivity contribution < 1.29 is 14.6 Å². The highest BCUT2D eigenvalue weighted by molar-refractivity contribution is 5.95. The molecular formula is C11H12O3. The maximum Gasteiger partial charge on any atom is 0.342 e. The molecule has 1 aromatic carbocycles. The quantitative estimate of drug-likeness (QED) is 0.640. The lowest BCUT2D eigenvalue weighted by Gasteiger charge is -2.28. The van der Waals surface area contributed by atoms with E-state index in [9.17, 15) is 9.90 Å². The van der Waals surface area contributed by atoms with Gasteiger partial charge in [-0.2, -0.15) is 0 Å². The van der Waals surface area contributed by atoms with Gasteiger partial charge in [-0.1, -0.05) is 19.1 Å². The van der Waals surface area contributed by atoms with E-state index in [-0.39, 0.29) is 17.8 Å². The van der Waals surface area contributed by atoms with Crippen LogP contribution in [0.25, 0.3) is 0 Å². The van der Waals surface area contributed by atoms with E-state index >= 15 is 0 Å². The molecule has 2 rings (SSSR count). The first-order chi connectivity index (χ1) is 6.61. The number of cyclic esters (lactones) is 1. The first-order valence-corrected chi connectivity index (χ1v) is 4.64. The van der Waals surface area contributed by atoms with Crippen LogP contribution in [0.5, 0.6) is 5.75 Å². The fraction of sp³-hybridized carbons (Fsp3) is 0.364. The van der Waals surface area contributed by atoms with E-state index in [1.807, 2.05) is 19.9 Å². The van der Waals surface area contributed by atoms with E-state index in [1.54, 1.807) is 6.07 Å². The number of aromatic hydroxyl groups is 1. The molecule has 0 aromatic heterocycles. The lowest BCUT2D eigenvalue weighted by molar-refractivity contribution is 0.0236. The van der Waals surface area contributed by atoms with E-state index in [1.165, 1.54) is 6.07 Å². The minimum absolute atomic E-state index is 0.00579. The molecule has 0 bridgehead atoms. The number of carbonyl (C=O) groups excluding carboxylic acids is 1. The topological polar surface area (TPSA) is 46.5 Å². The number of phenols is 1. The van der Waals surface area contributed by atoms with Crippen molar-refractivity contribution in [1.82, 2.24) is 0 Å². The molecule has 0 saturated carbocycles. The number of rotatable bonds is 0. The Hall–Kier alpha value is -1.51. The monoisotopic (exact) mass is 192 g/mol. The Morgan fingerprint density at radius 2 is 2.07 bits per heavy atom. The standard InChI is InChI=1S/C11H12O3/c1-6-7(2)14-11(13)10-8(6)4-3-5-9(10)12/h3-7,12H,1-2H3. The van der Waals surface area contributed by atoms with Crippen LogP contribution in [0, 0.1) is 0 Å². The van der Waals surface area contributed by atoms with Crippen molar-refractivity contribution in [3.05, 3.63) is 29.3 Å². The molecule has 0 amide bonds. The zero-order chi connectivity index (χ0) is 10.3. The van der Waals surface area contributed by atoms with Gasteiger partial charge in [0.25, 0.3) is 0 Å². The highest BCUT2D eigenvalue weighted by atomic mass is 16.5. The summed E-state index contributed by atoms with van der Waals surface area (Å²) in [5.74, 6) is -0.287. The summed E-state index contributed by atoms with van der Waals surface area (Å²) in [7, 11) is 0. The van der Waals surface area contributed by atoms with Gasteiger partial charge in [-0.25, -0.2) is 4.79 Å². The first-order valence-electron chi connectivity index (χ1n) is 4.64. The van der Waals surface area contributed by atoms with Crippen molar-refractivity contribution in [2.75, 3.05) is 0 Å². The molecular weight excluding hydrogens is 180 g/mol. The number of phenolic OH excluding ortho intramolecular Hbond substituents is 1. The fourth-order valence-corrected chi connectivity index (χ4v) is 1.74. The number of hydrogen-bond donors (Lipinski definition) is 1. The Bertz CT molecular complexity index is 384. The molecule has 1 heterocycles. The lowest BCUT2D eigenvalue weighted by atomic mass is 9.89. The Labute approximate surface area is 82.3 Å². The van der Waals surface area contributed by atoms with Crippen LogP contribution in [0.1, 0.15) is 35.7 Å². The van der Waals surface area contributed by atoms with E-state index in [4.69, 9.17) is 4.74 Å². The number of ether oxygens (including phenoxy) is 1. The van der Waals surface area contributed by atoms with Crippen molar-refractivity contribution in [3.8, 4) is 5.75 Å². The number of esters is 1. The van der Waals surface area contributed by atoms with Crippen molar-refractivity contribution in [2.45, 2.75) is 25.9 Å². The molecule has 1 N–H and O–H groups in total. The van der Waals surface area contributed by atoms with Crippen LogP contribution in [0.15, 0.2) is 18.2 Å². The summed E-state index contributed by atoms with van der Waals surface area (Å²) in [6.07, 6.45) is -0.128. The van der Waals surface area contributed by atoms with Crippen molar-refractivity contribution >= 4 is 5.97 Å². The summed E-state index contributed by atoms with van der Waals surface area (Å²) in [5.41, 5.74) is 1.19. The Balaban J connectivity index is 2.61. The molecule has 2 unspecified atom stereocenters. The van der Waals surface area contributed by atoms with Crippen molar-refractivity contribution in [2.24, 2.45) is 0 Å². The van der Waals surface area contributed by atoms with Crippen LogP contribution in [0.3, 0.4) is 0 Å². The molecule has 0 fully saturated rings. The fourth-order valence-electron chi connectivity index (χ4n) is 1.74. The van der Waals surface area contributed by atoms with Gasteiger partial charge in [0.1, 0.15) is 17.4 Å². The number of benzene rings is 1. The summed E-state index contributed by atoms with van der Waals surface area (Å²) >= 11 is 0. The number of carbonyl (C=O) groups is 1. The van der Waals surface area contributed by atoms with E-state index in [0.717, 1.165) is 5.56 Å². The predicted octanol–water partition coefficient (Wildman–Crippen LogP) is 2.05. The maximum absolute atomic E-state index is 11.5. The summed E-state index contributed by atoms with van der Waals surface area (Å²) in [4.78, 5) is 11.5. The Kier molecular flexibility index (Phi) is 1.95. The molecule has 0 saturated heterocycles. The second-order valence-corrected chi connectivity index (χ2v) is 3.64. The summed E-state index contributed by atoms with van der Waals surface area (Å²) < 4.78 is 5.11. The first kappa shape index (κ1) is 9.06. The Morgan fingerprint density at radius 1 is 1.36 bits per heavy atom. The third-order valence-corrected chi connectivity index (χ3v) is 2.77. The van der Waals surface area contributed by atoms with Crippen LogP contribution in [-0.4, -0.2) is 17.2 Å². The number of fused-ring (bicyclic) bond motifs is 1. The Morgan fingerprint density at radius 3 is 2.79 bits per heavy atom. The van der Waals surface area contributed by atoms with Gasteiger partial charge in [0.15, 0.2) is 0 Å². The zero-order valence-corrected chi connectivity index (χ0v) is 8.15. The average molecular weight is 192 g/mol. The van der Waals surface area contributed by atoms with Crippen molar-refractivity contribution in [3.63, 3.8) is 0 Å². The molecule has 1 aliphatic rings. The smallest absolute Gasteiger partial charge is 0.342 e. The molecule has 0 radical (unpaired) electrons. The number of hydrogen-bond acceptors (Lipinski definition) is 3. The molecule has 1 aromatic rings. The van der Waals surface area contributed by atoms with Gasteiger partial charge >= 0.3 is 5.97 Å². The molecule has 3 heteroatoms. The minimum Gasteiger partial charge on any atom is -0.507 e. The average Bonchev–Trinajstić information content (AvgIpc) is 2.14. The van der Waals surface area contributed by atoms with Gasteiger partial charge in [0, 0.05) is 5.92 Å². The maximum atomic E-state index is 11.5. The van der Waals surface area contributed by atoms with Gasteiger partial charge in [0.05, 0.1) is 0 Å². The van der Waals surface area contributed by atoms with Crippen LogP contribution < -0.4 is 0 Å². The molecule has 2 atom stereocenters. The largest absolute Gasteiger partial charge is 0.507 e. The second-order valence-electron chi connectivity index (χ2n) is 3.64. The molecule has 3 nitrogen and oxygen atoms in total. The van der Waals surface area contributed by atoms with Crippen LogP contribution >= 0.6 is 0 Å². The van der Waals surface area contributed by atoms with Gasteiger partial charge in [0.2, 0.25) is 0 Å². The van der Waals surface area contributed by atoms with Gasteiger partial charge in [-0.15, -0.1) is 0 Å². The molecule has 0 spiro atoms. The molecule has 74 valence electrons. The predicted molar refractivity (Wildman–Crippen MR) is 51.4 cm³/mol. The second kappa shape index (κ2) is 3.01. The lowest BCUT2D eigenvalue weighted by Crippen LogP contribution is -2.28. The van der Waals surface area contributed by atoms with Crippen LogP contribution in [0.2, 0.25) is 0 Å².